The fraction of sp³-hybridized carbons (Fsp3) is 0.650. The molecule has 1 aromatic carbocycles. The topological polar surface area (TPSA) is 23.6 Å². The summed E-state index contributed by atoms with van der Waals surface area (Å²) in [6.45, 7) is 11.3. The van der Waals surface area contributed by atoms with E-state index in [9.17, 15) is 4.79 Å². The van der Waals surface area contributed by atoms with Crippen molar-refractivity contribution < 1.29 is 4.79 Å². The highest BCUT2D eigenvalue weighted by atomic mass is 16.2. The number of hydrogen-bond acceptors (Lipinski definition) is 2. The Morgan fingerprint density at radius 3 is 2.30 bits per heavy atom. The molecule has 0 aliphatic carbocycles. The summed E-state index contributed by atoms with van der Waals surface area (Å²) < 4.78 is 0. The molecule has 3 nitrogen and oxygen atoms in total. The fourth-order valence-electron chi connectivity index (χ4n) is 3.20. The number of carbonyl (C=O) groups is 1. The Morgan fingerprint density at radius 1 is 1.22 bits per heavy atom. The summed E-state index contributed by atoms with van der Waals surface area (Å²) in [4.78, 5) is 17.2. The zero-order chi connectivity index (χ0) is 17.1. The number of benzene rings is 1. The van der Waals surface area contributed by atoms with Gasteiger partial charge in [0, 0.05) is 30.6 Å². The molecule has 0 N–H and O–H groups in total. The number of hydrogen-bond donors (Lipinski definition) is 0. The molecule has 0 aromatic heterocycles. The van der Waals surface area contributed by atoms with Crippen LogP contribution in [0, 0.1) is 5.41 Å². The third-order valence-corrected chi connectivity index (χ3v) is 5.77. The average Bonchev–Trinajstić information content (AvgIpc) is 2.56. The molecule has 1 aliphatic heterocycles. The van der Waals surface area contributed by atoms with Gasteiger partial charge >= 0.3 is 0 Å². The van der Waals surface area contributed by atoms with Crippen LogP contribution in [-0.2, 0) is 11.3 Å². The van der Waals surface area contributed by atoms with E-state index in [1.54, 1.807) is 0 Å². The Morgan fingerprint density at radius 2 is 1.78 bits per heavy atom. The van der Waals surface area contributed by atoms with Gasteiger partial charge in [-0.05, 0) is 38.8 Å². The van der Waals surface area contributed by atoms with Crippen LogP contribution in [0.15, 0.2) is 30.3 Å². The Bertz CT molecular complexity index is 516. The molecule has 0 unspecified atom stereocenters. The monoisotopic (exact) mass is 316 g/mol. The van der Waals surface area contributed by atoms with Gasteiger partial charge in [0.2, 0.25) is 5.91 Å². The van der Waals surface area contributed by atoms with Crippen molar-refractivity contribution in [3.8, 4) is 0 Å². The molecule has 0 spiro atoms. The van der Waals surface area contributed by atoms with E-state index in [0.717, 1.165) is 38.9 Å². The molecule has 1 amide bonds. The van der Waals surface area contributed by atoms with Gasteiger partial charge in [-0.2, -0.15) is 0 Å². The lowest BCUT2D eigenvalue weighted by molar-refractivity contribution is -0.143. The predicted octanol–water partition coefficient (Wildman–Crippen LogP) is 3.94. The predicted molar refractivity (Wildman–Crippen MR) is 96.2 cm³/mol. The zero-order valence-electron chi connectivity index (χ0n) is 15.4. The van der Waals surface area contributed by atoms with Crippen molar-refractivity contribution in [2.45, 2.75) is 59.0 Å². The fourth-order valence-corrected chi connectivity index (χ4v) is 3.20. The first-order valence-electron chi connectivity index (χ1n) is 8.83. The Balaban J connectivity index is 1.95. The first-order chi connectivity index (χ1) is 10.8. The lowest BCUT2D eigenvalue weighted by Gasteiger charge is -2.46. The van der Waals surface area contributed by atoms with E-state index >= 15 is 0 Å². The highest BCUT2D eigenvalue weighted by molar-refractivity contribution is 5.82. The Kier molecular flexibility index (Phi) is 5.51. The second-order valence-corrected chi connectivity index (χ2v) is 7.87. The van der Waals surface area contributed by atoms with Crippen molar-refractivity contribution in [2.75, 3.05) is 20.1 Å². The number of piperidine rings is 1. The van der Waals surface area contributed by atoms with Crippen molar-refractivity contribution in [2.24, 2.45) is 5.41 Å². The standard InChI is InChI=1S/C20H32N2O/c1-6-19(2,3)18(23)22-14-12-20(4,13-15-22)21(5)16-17-10-8-7-9-11-17/h7-11H,6,12-16H2,1-5H3. The van der Waals surface area contributed by atoms with Crippen molar-refractivity contribution in [1.29, 1.82) is 0 Å². The van der Waals surface area contributed by atoms with Crippen molar-refractivity contribution >= 4 is 5.91 Å². The van der Waals surface area contributed by atoms with Gasteiger partial charge < -0.3 is 4.90 Å². The minimum Gasteiger partial charge on any atom is -0.342 e. The summed E-state index contributed by atoms with van der Waals surface area (Å²) in [5, 5.41) is 0. The highest BCUT2D eigenvalue weighted by Gasteiger charge is 2.38. The minimum absolute atomic E-state index is 0.170. The molecule has 1 fully saturated rings. The number of amides is 1. The average molecular weight is 316 g/mol. The van der Waals surface area contributed by atoms with Gasteiger partial charge in [0.25, 0.3) is 0 Å². The third kappa shape index (κ3) is 4.14. The summed E-state index contributed by atoms with van der Waals surface area (Å²) in [5.41, 5.74) is 1.29. The molecule has 1 saturated heterocycles. The first kappa shape index (κ1) is 18.0. The van der Waals surface area contributed by atoms with Crippen LogP contribution < -0.4 is 0 Å². The van der Waals surface area contributed by atoms with Crippen LogP contribution in [0.2, 0.25) is 0 Å². The molecule has 1 heterocycles. The van der Waals surface area contributed by atoms with Crippen LogP contribution in [0.5, 0.6) is 0 Å². The molecule has 1 aromatic rings. The van der Waals surface area contributed by atoms with E-state index in [-0.39, 0.29) is 11.0 Å². The zero-order valence-corrected chi connectivity index (χ0v) is 15.4. The van der Waals surface area contributed by atoms with Gasteiger partial charge in [0.1, 0.15) is 0 Å². The van der Waals surface area contributed by atoms with Gasteiger partial charge in [-0.25, -0.2) is 0 Å². The molecular weight excluding hydrogens is 284 g/mol. The Hall–Kier alpha value is -1.35. The lowest BCUT2D eigenvalue weighted by atomic mass is 9.84. The molecule has 2 rings (SSSR count). The number of likely N-dealkylation sites (tertiary alicyclic amines) is 1. The first-order valence-corrected chi connectivity index (χ1v) is 8.83. The minimum atomic E-state index is -0.232. The third-order valence-electron chi connectivity index (χ3n) is 5.77. The summed E-state index contributed by atoms with van der Waals surface area (Å²) in [6, 6.07) is 10.6. The number of rotatable bonds is 5. The van der Waals surface area contributed by atoms with Crippen molar-refractivity contribution in [3.05, 3.63) is 35.9 Å². The van der Waals surface area contributed by atoms with Gasteiger partial charge in [-0.15, -0.1) is 0 Å². The van der Waals surface area contributed by atoms with Gasteiger partial charge in [-0.3, -0.25) is 9.69 Å². The van der Waals surface area contributed by atoms with Crippen LogP contribution in [0.3, 0.4) is 0 Å². The summed E-state index contributed by atoms with van der Waals surface area (Å²) in [6.07, 6.45) is 2.98. The second-order valence-electron chi connectivity index (χ2n) is 7.87. The summed E-state index contributed by atoms with van der Waals surface area (Å²) in [5.74, 6) is 0.313. The smallest absolute Gasteiger partial charge is 0.228 e. The van der Waals surface area contributed by atoms with Gasteiger partial charge in [0.05, 0.1) is 0 Å². The normalized spacial score (nSPS) is 18.3. The summed E-state index contributed by atoms with van der Waals surface area (Å²) >= 11 is 0. The molecule has 0 atom stereocenters. The maximum Gasteiger partial charge on any atom is 0.228 e. The van der Waals surface area contributed by atoms with Crippen LogP contribution in [0.4, 0.5) is 0 Å². The van der Waals surface area contributed by atoms with Gasteiger partial charge in [0.15, 0.2) is 0 Å². The molecule has 0 bridgehead atoms. The molecule has 3 heteroatoms. The lowest BCUT2D eigenvalue weighted by Crippen LogP contribution is -2.54. The van der Waals surface area contributed by atoms with E-state index in [0.29, 0.717) is 5.91 Å². The van der Waals surface area contributed by atoms with Crippen LogP contribution in [0.1, 0.15) is 52.5 Å². The van der Waals surface area contributed by atoms with Crippen LogP contribution in [-0.4, -0.2) is 41.4 Å². The number of nitrogens with zero attached hydrogens (tertiary/aromatic N) is 2. The van der Waals surface area contributed by atoms with E-state index in [2.05, 4.69) is 74.9 Å². The van der Waals surface area contributed by atoms with E-state index in [1.165, 1.54) is 5.56 Å². The van der Waals surface area contributed by atoms with Crippen molar-refractivity contribution in [1.82, 2.24) is 9.80 Å². The molecule has 23 heavy (non-hydrogen) atoms. The van der Waals surface area contributed by atoms with Crippen LogP contribution in [0.25, 0.3) is 0 Å². The van der Waals surface area contributed by atoms with E-state index in [1.807, 2.05) is 0 Å². The van der Waals surface area contributed by atoms with Crippen molar-refractivity contribution in [3.63, 3.8) is 0 Å². The number of carbonyl (C=O) groups excluding carboxylic acids is 1. The summed E-state index contributed by atoms with van der Waals surface area (Å²) in [7, 11) is 2.21. The molecular formula is C20H32N2O. The molecule has 128 valence electrons. The molecule has 0 radical (unpaired) electrons. The van der Waals surface area contributed by atoms with Crippen LogP contribution >= 0.6 is 0 Å². The Labute approximate surface area is 141 Å². The second kappa shape index (κ2) is 7.04. The SMILES string of the molecule is CCC(C)(C)C(=O)N1CCC(C)(N(C)Cc2ccccc2)CC1. The molecule has 0 saturated carbocycles. The highest BCUT2D eigenvalue weighted by Crippen LogP contribution is 2.31. The maximum atomic E-state index is 12.6. The largest absolute Gasteiger partial charge is 0.342 e. The molecule has 1 aliphatic rings. The van der Waals surface area contributed by atoms with E-state index < -0.39 is 0 Å². The van der Waals surface area contributed by atoms with E-state index in [4.69, 9.17) is 0 Å². The maximum absolute atomic E-state index is 12.6. The van der Waals surface area contributed by atoms with Gasteiger partial charge in [-0.1, -0.05) is 51.1 Å². The quantitative estimate of drug-likeness (QED) is 0.821.